The van der Waals surface area contributed by atoms with Crippen LogP contribution in [0.5, 0.6) is 0 Å². The molecule has 3 N–H and O–H groups in total. The number of rotatable bonds is 4. The van der Waals surface area contributed by atoms with Crippen LogP contribution in [0.2, 0.25) is 0 Å². The molecule has 0 aliphatic rings. The number of hydrogen-bond donors (Lipinski definition) is 1. The van der Waals surface area contributed by atoms with Crippen molar-refractivity contribution in [2.24, 2.45) is 0 Å². The molecule has 0 aliphatic heterocycles. The standard InChI is InChI=1S/C5H14O3P.H2O/c1-4-7-9(3,6)8-5-2;/h6H,4-5H2,1-3H3;1H2/q+1;. The molecular weight excluding hydrogens is 155 g/mol. The Hall–Kier alpha value is 0.270. The summed E-state index contributed by atoms with van der Waals surface area (Å²) in [5.74, 6) is 0. The van der Waals surface area contributed by atoms with Crippen LogP contribution in [0.3, 0.4) is 0 Å². The molecule has 5 heteroatoms. The van der Waals surface area contributed by atoms with Gasteiger partial charge in [0.05, 0.1) is 13.2 Å². The van der Waals surface area contributed by atoms with Gasteiger partial charge in [-0.1, -0.05) is 0 Å². The zero-order chi connectivity index (χ0) is 7.33. The first kappa shape index (κ1) is 12.9. The van der Waals surface area contributed by atoms with E-state index in [1.54, 1.807) is 6.66 Å². The molecule has 0 fully saturated rings. The second-order valence-corrected chi connectivity index (χ2v) is 3.76. The van der Waals surface area contributed by atoms with Crippen molar-refractivity contribution in [2.75, 3.05) is 19.9 Å². The maximum atomic E-state index is 9.18. The number of hydrogen-bond acceptors (Lipinski definition) is 3. The Morgan fingerprint density at radius 1 is 1.20 bits per heavy atom. The van der Waals surface area contributed by atoms with E-state index in [0.717, 1.165) is 0 Å². The van der Waals surface area contributed by atoms with Crippen LogP contribution < -0.4 is 0 Å². The zero-order valence-corrected chi connectivity index (χ0v) is 7.52. The van der Waals surface area contributed by atoms with Gasteiger partial charge in [0.2, 0.25) is 0 Å². The van der Waals surface area contributed by atoms with Gasteiger partial charge in [-0.25, -0.2) is 0 Å². The molecule has 0 bridgehead atoms. The molecular formula is C5H16O4P+. The van der Waals surface area contributed by atoms with Crippen LogP contribution in [0.1, 0.15) is 13.8 Å². The third kappa shape index (κ3) is 6.39. The summed E-state index contributed by atoms with van der Waals surface area (Å²) in [4.78, 5) is 9.18. The van der Waals surface area contributed by atoms with Crippen molar-refractivity contribution < 1.29 is 19.4 Å². The molecule has 0 rings (SSSR count). The molecule has 0 spiro atoms. The minimum Gasteiger partial charge on any atom is -0.412 e. The predicted octanol–water partition coefficient (Wildman–Crippen LogP) is 0.619. The fraction of sp³-hybridized carbons (Fsp3) is 1.00. The molecule has 64 valence electrons. The molecule has 0 saturated heterocycles. The summed E-state index contributed by atoms with van der Waals surface area (Å²) < 4.78 is 9.83. The molecule has 0 amide bonds. The Kier molecular flexibility index (Phi) is 7.76. The summed E-state index contributed by atoms with van der Waals surface area (Å²) >= 11 is 0. The van der Waals surface area contributed by atoms with Crippen molar-refractivity contribution in [2.45, 2.75) is 13.8 Å². The summed E-state index contributed by atoms with van der Waals surface area (Å²) in [6, 6.07) is 0. The van der Waals surface area contributed by atoms with Gasteiger partial charge in [0.1, 0.15) is 6.66 Å². The molecule has 0 heterocycles. The van der Waals surface area contributed by atoms with E-state index in [-0.39, 0.29) is 5.48 Å². The quantitative estimate of drug-likeness (QED) is 0.630. The van der Waals surface area contributed by atoms with Crippen molar-refractivity contribution in [3.63, 3.8) is 0 Å². The maximum Gasteiger partial charge on any atom is 0.405 e. The highest BCUT2D eigenvalue weighted by molar-refractivity contribution is 7.59. The molecule has 0 radical (unpaired) electrons. The monoisotopic (exact) mass is 171 g/mol. The van der Waals surface area contributed by atoms with E-state index in [1.807, 2.05) is 13.8 Å². The average Bonchev–Trinajstić information content (AvgIpc) is 1.64. The molecule has 0 aliphatic carbocycles. The third-order valence-corrected chi connectivity index (χ3v) is 2.21. The highest BCUT2D eigenvalue weighted by atomic mass is 31.2. The first-order chi connectivity index (χ1) is 4.12. The third-order valence-electron chi connectivity index (χ3n) is 0.737. The SMILES string of the molecule is CCO[P+](C)(O)OCC.O. The first-order valence-corrected chi connectivity index (χ1v) is 5.03. The van der Waals surface area contributed by atoms with E-state index in [1.165, 1.54) is 0 Å². The summed E-state index contributed by atoms with van der Waals surface area (Å²) in [5, 5.41) is 0. The van der Waals surface area contributed by atoms with E-state index in [0.29, 0.717) is 13.2 Å². The van der Waals surface area contributed by atoms with Crippen molar-refractivity contribution in [1.29, 1.82) is 0 Å². The van der Waals surface area contributed by atoms with Crippen LogP contribution in [0.25, 0.3) is 0 Å². The highest BCUT2D eigenvalue weighted by Gasteiger charge is 2.31. The summed E-state index contributed by atoms with van der Waals surface area (Å²) in [6.45, 7) is 6.24. The second-order valence-electron chi connectivity index (χ2n) is 1.64. The Morgan fingerprint density at radius 2 is 1.50 bits per heavy atom. The largest absolute Gasteiger partial charge is 0.412 e. The van der Waals surface area contributed by atoms with Gasteiger partial charge in [0, 0.05) is 0 Å². The normalized spacial score (nSPS) is 10.8. The van der Waals surface area contributed by atoms with E-state index in [9.17, 15) is 4.89 Å². The maximum absolute atomic E-state index is 9.18. The van der Waals surface area contributed by atoms with Crippen LogP contribution in [-0.2, 0) is 9.05 Å². The molecule has 4 nitrogen and oxygen atoms in total. The van der Waals surface area contributed by atoms with E-state index >= 15 is 0 Å². The fourth-order valence-electron chi connectivity index (χ4n) is 0.516. The topological polar surface area (TPSA) is 70.2 Å². The van der Waals surface area contributed by atoms with Gasteiger partial charge in [0.25, 0.3) is 0 Å². The highest BCUT2D eigenvalue weighted by Crippen LogP contribution is 2.52. The van der Waals surface area contributed by atoms with E-state index < -0.39 is 7.94 Å². The van der Waals surface area contributed by atoms with Crippen molar-refractivity contribution >= 4 is 7.94 Å². The van der Waals surface area contributed by atoms with Crippen LogP contribution in [-0.4, -0.2) is 30.2 Å². The van der Waals surface area contributed by atoms with Crippen LogP contribution in [0, 0.1) is 0 Å². The summed E-state index contributed by atoms with van der Waals surface area (Å²) in [7, 11) is -2.44. The summed E-state index contributed by atoms with van der Waals surface area (Å²) in [5.41, 5.74) is 0. The van der Waals surface area contributed by atoms with Gasteiger partial charge in [0.15, 0.2) is 0 Å². The molecule has 0 aromatic rings. The molecule has 10 heavy (non-hydrogen) atoms. The van der Waals surface area contributed by atoms with Crippen molar-refractivity contribution in [3.8, 4) is 0 Å². The lowest BCUT2D eigenvalue weighted by molar-refractivity contribution is 0.195. The Bertz CT molecular complexity index is 68.0. The molecule has 0 aromatic carbocycles. The van der Waals surface area contributed by atoms with Gasteiger partial charge in [-0.15, -0.1) is 0 Å². The van der Waals surface area contributed by atoms with Crippen LogP contribution in [0.4, 0.5) is 0 Å². The lowest BCUT2D eigenvalue weighted by Gasteiger charge is -2.09. The van der Waals surface area contributed by atoms with E-state index in [4.69, 9.17) is 9.05 Å². The van der Waals surface area contributed by atoms with Gasteiger partial charge in [-0.05, 0) is 13.8 Å². The van der Waals surface area contributed by atoms with Crippen molar-refractivity contribution in [3.05, 3.63) is 0 Å². The van der Waals surface area contributed by atoms with Crippen molar-refractivity contribution in [1.82, 2.24) is 0 Å². The molecule has 0 aromatic heterocycles. The van der Waals surface area contributed by atoms with Crippen LogP contribution in [0.15, 0.2) is 0 Å². The first-order valence-electron chi connectivity index (χ1n) is 3.00. The average molecular weight is 171 g/mol. The molecule has 0 unspecified atom stereocenters. The lowest BCUT2D eigenvalue weighted by atomic mass is 10.9. The van der Waals surface area contributed by atoms with Crippen LogP contribution >= 0.6 is 7.94 Å². The van der Waals surface area contributed by atoms with Gasteiger partial charge in [-0.3, -0.25) is 0 Å². The Labute approximate surface area is 62.0 Å². The minimum absolute atomic E-state index is 0. The zero-order valence-electron chi connectivity index (χ0n) is 6.63. The summed E-state index contributed by atoms with van der Waals surface area (Å²) in [6.07, 6.45) is 0. The van der Waals surface area contributed by atoms with Gasteiger partial charge >= 0.3 is 7.94 Å². The lowest BCUT2D eigenvalue weighted by Crippen LogP contribution is -1.99. The second kappa shape index (κ2) is 6.01. The Balaban J connectivity index is 0. The van der Waals surface area contributed by atoms with Gasteiger partial charge in [-0.2, -0.15) is 13.9 Å². The fourth-order valence-corrected chi connectivity index (χ4v) is 1.55. The minimum atomic E-state index is -2.44. The predicted molar refractivity (Wildman–Crippen MR) is 41.9 cm³/mol. The van der Waals surface area contributed by atoms with E-state index in [2.05, 4.69) is 0 Å². The molecule has 0 atom stereocenters. The van der Waals surface area contributed by atoms with Gasteiger partial charge < -0.3 is 5.48 Å². The Morgan fingerprint density at radius 3 is 1.70 bits per heavy atom. The molecule has 0 saturated carbocycles. The smallest absolute Gasteiger partial charge is 0.405 e.